The van der Waals surface area contributed by atoms with Crippen LogP contribution in [-0.2, 0) is 0 Å². The third-order valence-corrected chi connectivity index (χ3v) is 5.83. The number of carbonyl (C=O) groups excluding carboxylic acids is 1. The Morgan fingerprint density at radius 1 is 1.19 bits per heavy atom. The molecule has 4 heterocycles. The van der Waals surface area contributed by atoms with E-state index in [1.165, 1.54) is 6.20 Å². The lowest BCUT2D eigenvalue weighted by molar-refractivity contribution is 0.0935. The third kappa shape index (κ3) is 3.34. The van der Waals surface area contributed by atoms with E-state index >= 15 is 0 Å². The predicted octanol–water partition coefficient (Wildman–Crippen LogP) is 2.44. The molecule has 5 rings (SSSR count). The summed E-state index contributed by atoms with van der Waals surface area (Å²) in [5, 5.41) is 16.4. The number of thioether (sulfide) groups is 1. The minimum Gasteiger partial charge on any atom is -0.342 e. The number of rotatable bonds is 6. The van der Waals surface area contributed by atoms with Gasteiger partial charge < -0.3 is 10.3 Å². The molecule has 156 valence electrons. The molecule has 1 aromatic carbocycles. The SMILES string of the molecule is CSCCC(NC(=O)c1cnn2c1[nH]c(=O)c1ccccc12)c1nnc2ccccn12. The van der Waals surface area contributed by atoms with Gasteiger partial charge in [0.1, 0.15) is 11.2 Å². The van der Waals surface area contributed by atoms with Gasteiger partial charge in [-0.15, -0.1) is 10.2 Å². The number of carbonyl (C=O) groups is 1. The standard InChI is InChI=1S/C21H19N7O2S/c1-31-11-9-15(19-26-25-17-8-4-5-10-27(17)19)23-21(30)14-12-22-28-16-7-3-2-6-13(16)20(29)24-18(14)28/h2-8,10,12,15H,9,11H2,1H3,(H,23,30)(H,24,29). The molecule has 4 aromatic heterocycles. The van der Waals surface area contributed by atoms with Gasteiger partial charge in [0.05, 0.1) is 23.1 Å². The van der Waals surface area contributed by atoms with Crippen molar-refractivity contribution < 1.29 is 4.79 Å². The number of hydrogen-bond acceptors (Lipinski definition) is 6. The average Bonchev–Trinajstić information content (AvgIpc) is 3.41. The molecule has 5 aromatic rings. The van der Waals surface area contributed by atoms with Crippen LogP contribution in [0.4, 0.5) is 0 Å². The Balaban J connectivity index is 1.54. The smallest absolute Gasteiger partial charge is 0.259 e. The highest BCUT2D eigenvalue weighted by atomic mass is 32.2. The number of nitrogens with one attached hydrogen (secondary N) is 2. The van der Waals surface area contributed by atoms with Crippen LogP contribution in [0.3, 0.4) is 0 Å². The normalized spacial score (nSPS) is 12.5. The Kier molecular flexibility index (Phi) is 4.91. The van der Waals surface area contributed by atoms with E-state index in [-0.39, 0.29) is 17.5 Å². The Morgan fingerprint density at radius 2 is 2.03 bits per heavy atom. The number of nitrogens with zero attached hydrogens (tertiary/aromatic N) is 5. The maximum Gasteiger partial charge on any atom is 0.259 e. The van der Waals surface area contributed by atoms with Gasteiger partial charge in [-0.05, 0) is 42.7 Å². The van der Waals surface area contributed by atoms with E-state index in [4.69, 9.17) is 0 Å². The van der Waals surface area contributed by atoms with Gasteiger partial charge in [0.15, 0.2) is 11.5 Å². The van der Waals surface area contributed by atoms with Crippen molar-refractivity contribution in [3.63, 3.8) is 0 Å². The number of para-hydroxylation sites is 1. The molecule has 1 amide bonds. The second-order valence-electron chi connectivity index (χ2n) is 7.08. The molecule has 0 saturated carbocycles. The Bertz CT molecular complexity index is 1470. The highest BCUT2D eigenvalue weighted by molar-refractivity contribution is 7.98. The van der Waals surface area contributed by atoms with E-state index in [1.54, 1.807) is 34.5 Å². The monoisotopic (exact) mass is 433 g/mol. The van der Waals surface area contributed by atoms with Crippen LogP contribution in [-0.4, -0.2) is 47.1 Å². The number of aromatic nitrogens is 6. The van der Waals surface area contributed by atoms with Crippen LogP contribution in [0.25, 0.3) is 22.2 Å². The molecular formula is C21H19N7O2S. The summed E-state index contributed by atoms with van der Waals surface area (Å²) in [6, 6.07) is 12.5. The highest BCUT2D eigenvalue weighted by Gasteiger charge is 2.23. The molecule has 0 aliphatic heterocycles. The number of H-pyrrole nitrogens is 1. The Hall–Kier alpha value is -3.66. The number of benzene rings is 1. The maximum absolute atomic E-state index is 13.2. The van der Waals surface area contributed by atoms with Gasteiger partial charge in [0.2, 0.25) is 0 Å². The summed E-state index contributed by atoms with van der Waals surface area (Å²) in [4.78, 5) is 28.5. The fourth-order valence-corrected chi connectivity index (χ4v) is 4.15. The molecule has 0 aliphatic carbocycles. The minimum absolute atomic E-state index is 0.264. The zero-order valence-corrected chi connectivity index (χ0v) is 17.5. The van der Waals surface area contributed by atoms with Crippen LogP contribution in [0.1, 0.15) is 28.6 Å². The van der Waals surface area contributed by atoms with Gasteiger partial charge in [-0.1, -0.05) is 18.2 Å². The summed E-state index contributed by atoms with van der Waals surface area (Å²) >= 11 is 1.69. The molecule has 31 heavy (non-hydrogen) atoms. The van der Waals surface area contributed by atoms with Crippen molar-refractivity contribution in [2.75, 3.05) is 12.0 Å². The van der Waals surface area contributed by atoms with Crippen LogP contribution in [0.2, 0.25) is 0 Å². The molecule has 10 heteroatoms. The highest BCUT2D eigenvalue weighted by Crippen LogP contribution is 2.20. The molecule has 0 radical (unpaired) electrons. The van der Waals surface area contributed by atoms with Crippen molar-refractivity contribution in [2.24, 2.45) is 0 Å². The van der Waals surface area contributed by atoms with Crippen molar-refractivity contribution in [3.8, 4) is 0 Å². The molecule has 1 unspecified atom stereocenters. The van der Waals surface area contributed by atoms with Gasteiger partial charge in [0.25, 0.3) is 11.5 Å². The topological polar surface area (TPSA) is 109 Å². The van der Waals surface area contributed by atoms with E-state index in [0.29, 0.717) is 40.0 Å². The number of hydrogen-bond donors (Lipinski definition) is 2. The summed E-state index contributed by atoms with van der Waals surface area (Å²) < 4.78 is 3.45. The van der Waals surface area contributed by atoms with Crippen LogP contribution in [0.5, 0.6) is 0 Å². The first kappa shape index (κ1) is 19.3. The van der Waals surface area contributed by atoms with Gasteiger partial charge in [-0.3, -0.25) is 14.0 Å². The quantitative estimate of drug-likeness (QED) is 0.426. The van der Waals surface area contributed by atoms with Gasteiger partial charge >= 0.3 is 0 Å². The largest absolute Gasteiger partial charge is 0.342 e. The van der Waals surface area contributed by atoms with Gasteiger partial charge in [-0.25, -0.2) is 4.52 Å². The predicted molar refractivity (Wildman–Crippen MR) is 120 cm³/mol. The molecule has 0 fully saturated rings. The average molecular weight is 433 g/mol. The summed E-state index contributed by atoms with van der Waals surface area (Å²) in [5.74, 6) is 1.16. The fraction of sp³-hybridized carbons (Fsp3) is 0.190. The molecule has 0 saturated heterocycles. The summed E-state index contributed by atoms with van der Waals surface area (Å²) in [6.07, 6.45) is 6.05. The van der Waals surface area contributed by atoms with Crippen molar-refractivity contribution in [1.29, 1.82) is 0 Å². The van der Waals surface area contributed by atoms with E-state index in [1.807, 2.05) is 41.1 Å². The molecule has 1 atom stereocenters. The van der Waals surface area contributed by atoms with Crippen LogP contribution < -0.4 is 10.9 Å². The summed E-state index contributed by atoms with van der Waals surface area (Å²) in [6.45, 7) is 0. The first-order valence-corrected chi connectivity index (χ1v) is 11.1. The summed E-state index contributed by atoms with van der Waals surface area (Å²) in [7, 11) is 0. The Labute approximate surface area is 180 Å². The lowest BCUT2D eigenvalue weighted by Crippen LogP contribution is -2.30. The van der Waals surface area contributed by atoms with E-state index in [0.717, 1.165) is 5.75 Å². The van der Waals surface area contributed by atoms with Crippen LogP contribution in [0.15, 0.2) is 59.7 Å². The minimum atomic E-state index is -0.348. The zero-order valence-electron chi connectivity index (χ0n) is 16.6. The number of amides is 1. The van der Waals surface area contributed by atoms with Crippen molar-refractivity contribution in [2.45, 2.75) is 12.5 Å². The van der Waals surface area contributed by atoms with E-state index in [2.05, 4.69) is 25.6 Å². The second kappa shape index (κ2) is 7.88. The van der Waals surface area contributed by atoms with Crippen molar-refractivity contribution in [1.82, 2.24) is 34.5 Å². The first-order chi connectivity index (χ1) is 15.2. The first-order valence-electron chi connectivity index (χ1n) is 9.75. The number of aromatic amines is 1. The van der Waals surface area contributed by atoms with Gasteiger partial charge in [-0.2, -0.15) is 16.9 Å². The molecular weight excluding hydrogens is 414 g/mol. The Morgan fingerprint density at radius 3 is 2.90 bits per heavy atom. The molecule has 2 N–H and O–H groups in total. The second-order valence-corrected chi connectivity index (χ2v) is 8.07. The number of pyridine rings is 1. The number of fused-ring (bicyclic) bond motifs is 4. The van der Waals surface area contributed by atoms with Gasteiger partial charge in [0, 0.05) is 6.20 Å². The lowest BCUT2D eigenvalue weighted by Gasteiger charge is -2.16. The van der Waals surface area contributed by atoms with Crippen LogP contribution >= 0.6 is 11.8 Å². The van der Waals surface area contributed by atoms with Crippen molar-refractivity contribution in [3.05, 3.63) is 76.6 Å². The van der Waals surface area contributed by atoms with Crippen molar-refractivity contribution >= 4 is 39.9 Å². The molecule has 0 bridgehead atoms. The molecule has 0 aliphatic rings. The molecule has 0 spiro atoms. The lowest BCUT2D eigenvalue weighted by atomic mass is 10.2. The summed E-state index contributed by atoms with van der Waals surface area (Å²) in [5.41, 5.74) is 1.75. The van der Waals surface area contributed by atoms with E-state index in [9.17, 15) is 9.59 Å². The molecule has 9 nitrogen and oxygen atoms in total. The van der Waals surface area contributed by atoms with Crippen LogP contribution in [0, 0.1) is 0 Å². The maximum atomic E-state index is 13.2. The zero-order chi connectivity index (χ0) is 21.4. The third-order valence-electron chi connectivity index (χ3n) is 5.19. The fourth-order valence-electron chi connectivity index (χ4n) is 3.68. The van der Waals surface area contributed by atoms with E-state index < -0.39 is 0 Å².